The molecule has 0 heterocycles. The Morgan fingerprint density at radius 2 is 1.94 bits per heavy atom. The van der Waals surface area contributed by atoms with E-state index in [0.717, 1.165) is 11.1 Å². The molecular weight excluding hydrogens is 248 g/mol. The molecule has 0 fully saturated rings. The van der Waals surface area contributed by atoms with E-state index in [9.17, 15) is 8.42 Å². The lowest BCUT2D eigenvalue weighted by molar-refractivity contribution is 0.581. The van der Waals surface area contributed by atoms with Crippen molar-refractivity contribution in [2.75, 3.05) is 13.1 Å². The van der Waals surface area contributed by atoms with E-state index in [1.54, 1.807) is 19.1 Å². The quantitative estimate of drug-likeness (QED) is 0.851. The van der Waals surface area contributed by atoms with Crippen LogP contribution >= 0.6 is 12.4 Å². The maximum absolute atomic E-state index is 11.8. The minimum Gasteiger partial charge on any atom is -0.329 e. The molecule has 0 saturated carbocycles. The van der Waals surface area contributed by atoms with Gasteiger partial charge >= 0.3 is 0 Å². The summed E-state index contributed by atoms with van der Waals surface area (Å²) in [7, 11) is -3.40. The molecule has 16 heavy (non-hydrogen) atoms. The Bertz CT molecular complexity index is 446. The van der Waals surface area contributed by atoms with E-state index in [4.69, 9.17) is 5.73 Å². The predicted octanol–water partition coefficient (Wildman–Crippen LogP) is 0.962. The van der Waals surface area contributed by atoms with Crippen molar-refractivity contribution in [3.63, 3.8) is 0 Å². The predicted molar refractivity (Wildman–Crippen MR) is 67.4 cm³/mol. The van der Waals surface area contributed by atoms with Gasteiger partial charge in [0, 0.05) is 13.1 Å². The third kappa shape index (κ3) is 3.75. The third-order valence-electron chi connectivity index (χ3n) is 2.06. The normalized spacial score (nSPS) is 10.9. The van der Waals surface area contributed by atoms with Gasteiger partial charge in [0.15, 0.2) is 0 Å². The molecule has 0 amide bonds. The van der Waals surface area contributed by atoms with Gasteiger partial charge in [0.25, 0.3) is 0 Å². The summed E-state index contributed by atoms with van der Waals surface area (Å²) in [6.07, 6.45) is 0. The van der Waals surface area contributed by atoms with Gasteiger partial charge in [-0.05, 0) is 25.5 Å². The number of aryl methyl sites for hydroxylation is 2. The first kappa shape index (κ1) is 15.4. The van der Waals surface area contributed by atoms with Crippen molar-refractivity contribution < 1.29 is 8.42 Å². The van der Waals surface area contributed by atoms with Gasteiger partial charge in [-0.3, -0.25) is 0 Å². The van der Waals surface area contributed by atoms with Gasteiger partial charge in [-0.25, -0.2) is 13.1 Å². The largest absolute Gasteiger partial charge is 0.329 e. The van der Waals surface area contributed by atoms with Crippen LogP contribution in [0.25, 0.3) is 0 Å². The number of benzene rings is 1. The van der Waals surface area contributed by atoms with Gasteiger partial charge in [-0.1, -0.05) is 17.7 Å². The van der Waals surface area contributed by atoms with Gasteiger partial charge < -0.3 is 5.73 Å². The van der Waals surface area contributed by atoms with Crippen molar-refractivity contribution >= 4 is 22.4 Å². The number of hydrogen-bond donors (Lipinski definition) is 2. The molecule has 0 unspecified atom stereocenters. The zero-order valence-electron chi connectivity index (χ0n) is 9.36. The minimum atomic E-state index is -3.40. The highest BCUT2D eigenvalue weighted by Gasteiger charge is 2.15. The smallest absolute Gasteiger partial charge is 0.240 e. The Hall–Kier alpha value is -0.620. The summed E-state index contributed by atoms with van der Waals surface area (Å²) in [5, 5.41) is 0. The number of nitrogens with one attached hydrogen (secondary N) is 1. The molecule has 1 aromatic rings. The molecule has 0 aromatic heterocycles. The fraction of sp³-hybridized carbons (Fsp3) is 0.400. The summed E-state index contributed by atoms with van der Waals surface area (Å²) in [4.78, 5) is 0.321. The average Bonchev–Trinajstić information content (AvgIpc) is 2.14. The topological polar surface area (TPSA) is 72.2 Å². The van der Waals surface area contributed by atoms with Crippen LogP contribution in [0.4, 0.5) is 0 Å². The van der Waals surface area contributed by atoms with Gasteiger partial charge in [0.2, 0.25) is 10.0 Å². The first-order valence-corrected chi connectivity index (χ1v) is 6.22. The van der Waals surface area contributed by atoms with Crippen LogP contribution in [0.5, 0.6) is 0 Å². The summed E-state index contributed by atoms with van der Waals surface area (Å²) < 4.78 is 25.9. The number of hydrogen-bond acceptors (Lipinski definition) is 3. The molecule has 0 radical (unpaired) electrons. The zero-order chi connectivity index (χ0) is 11.5. The molecule has 0 aliphatic carbocycles. The second-order valence-electron chi connectivity index (χ2n) is 3.46. The fourth-order valence-corrected chi connectivity index (χ4v) is 2.64. The fourth-order valence-electron chi connectivity index (χ4n) is 1.37. The highest BCUT2D eigenvalue weighted by molar-refractivity contribution is 7.89. The van der Waals surface area contributed by atoms with Crippen LogP contribution in [0.2, 0.25) is 0 Å². The van der Waals surface area contributed by atoms with Gasteiger partial charge in [-0.15, -0.1) is 12.4 Å². The van der Waals surface area contributed by atoms with Crippen LogP contribution in [0, 0.1) is 13.8 Å². The number of rotatable bonds is 4. The van der Waals surface area contributed by atoms with E-state index >= 15 is 0 Å². The van der Waals surface area contributed by atoms with E-state index in [1.165, 1.54) is 0 Å². The van der Waals surface area contributed by atoms with Crippen LogP contribution in [-0.4, -0.2) is 21.5 Å². The van der Waals surface area contributed by atoms with E-state index in [2.05, 4.69) is 4.72 Å². The standard InChI is InChI=1S/C10H16N2O2S.ClH/c1-8-3-4-10(9(2)7-8)15(13,14)12-6-5-11;/h3-4,7,12H,5-6,11H2,1-2H3;1H. The molecule has 0 saturated heterocycles. The van der Waals surface area contributed by atoms with E-state index in [0.29, 0.717) is 11.4 Å². The van der Waals surface area contributed by atoms with Crippen molar-refractivity contribution in [2.45, 2.75) is 18.7 Å². The zero-order valence-corrected chi connectivity index (χ0v) is 11.0. The molecule has 0 aliphatic rings. The van der Waals surface area contributed by atoms with Crippen molar-refractivity contribution in [3.8, 4) is 0 Å². The SMILES string of the molecule is Cc1ccc(S(=O)(=O)NCCN)c(C)c1.Cl. The summed E-state index contributed by atoms with van der Waals surface area (Å²) >= 11 is 0. The number of nitrogens with two attached hydrogens (primary N) is 1. The maximum atomic E-state index is 11.8. The Kier molecular flexibility index (Phi) is 5.96. The summed E-state index contributed by atoms with van der Waals surface area (Å²) in [6, 6.07) is 5.24. The molecule has 0 bridgehead atoms. The summed E-state index contributed by atoms with van der Waals surface area (Å²) in [5.74, 6) is 0. The van der Waals surface area contributed by atoms with Gasteiger partial charge in [0.1, 0.15) is 0 Å². The minimum absolute atomic E-state index is 0. The van der Waals surface area contributed by atoms with Crippen molar-refractivity contribution in [2.24, 2.45) is 5.73 Å². The molecule has 6 heteroatoms. The summed E-state index contributed by atoms with van der Waals surface area (Å²) in [5.41, 5.74) is 7.05. The molecule has 0 spiro atoms. The highest BCUT2D eigenvalue weighted by Crippen LogP contribution is 2.15. The second-order valence-corrected chi connectivity index (χ2v) is 5.19. The van der Waals surface area contributed by atoms with Crippen LogP contribution in [-0.2, 0) is 10.0 Å². The lowest BCUT2D eigenvalue weighted by Gasteiger charge is -2.08. The molecule has 1 rings (SSSR count). The first-order chi connectivity index (χ1) is 6.97. The third-order valence-corrected chi connectivity index (χ3v) is 3.68. The lowest BCUT2D eigenvalue weighted by Crippen LogP contribution is -2.29. The van der Waals surface area contributed by atoms with Gasteiger partial charge in [-0.2, -0.15) is 0 Å². The number of halogens is 1. The molecular formula is C10H17ClN2O2S. The number of sulfonamides is 1. The van der Waals surface area contributed by atoms with Gasteiger partial charge in [0.05, 0.1) is 4.90 Å². The van der Waals surface area contributed by atoms with Crippen LogP contribution in [0.15, 0.2) is 23.1 Å². The van der Waals surface area contributed by atoms with E-state index < -0.39 is 10.0 Å². The van der Waals surface area contributed by atoms with E-state index in [1.807, 2.05) is 13.0 Å². The van der Waals surface area contributed by atoms with Crippen molar-refractivity contribution in [1.82, 2.24) is 4.72 Å². The van der Waals surface area contributed by atoms with Crippen LogP contribution < -0.4 is 10.5 Å². The molecule has 0 aliphatic heterocycles. The van der Waals surface area contributed by atoms with E-state index in [-0.39, 0.29) is 19.0 Å². The van der Waals surface area contributed by atoms with Crippen molar-refractivity contribution in [1.29, 1.82) is 0 Å². The Labute approximate surface area is 103 Å². The average molecular weight is 265 g/mol. The Morgan fingerprint density at radius 1 is 1.31 bits per heavy atom. The van der Waals surface area contributed by atoms with Crippen LogP contribution in [0.3, 0.4) is 0 Å². The Morgan fingerprint density at radius 3 is 2.44 bits per heavy atom. The Balaban J connectivity index is 0.00000225. The maximum Gasteiger partial charge on any atom is 0.240 e. The van der Waals surface area contributed by atoms with Crippen molar-refractivity contribution in [3.05, 3.63) is 29.3 Å². The monoisotopic (exact) mass is 264 g/mol. The molecule has 0 atom stereocenters. The molecule has 3 N–H and O–H groups in total. The highest BCUT2D eigenvalue weighted by atomic mass is 35.5. The molecule has 92 valence electrons. The summed E-state index contributed by atoms with van der Waals surface area (Å²) in [6.45, 7) is 4.26. The molecule has 1 aromatic carbocycles. The molecule has 4 nitrogen and oxygen atoms in total. The second kappa shape index (κ2) is 6.20. The van der Waals surface area contributed by atoms with Crippen LogP contribution in [0.1, 0.15) is 11.1 Å². The lowest BCUT2D eigenvalue weighted by atomic mass is 10.2. The first-order valence-electron chi connectivity index (χ1n) is 4.74.